The van der Waals surface area contributed by atoms with Gasteiger partial charge in [-0.25, -0.2) is 0 Å². The molecule has 2 rings (SSSR count). The van der Waals surface area contributed by atoms with Crippen molar-refractivity contribution in [1.29, 1.82) is 0 Å². The monoisotopic (exact) mass is 264 g/mol. The summed E-state index contributed by atoms with van der Waals surface area (Å²) in [7, 11) is 0. The van der Waals surface area contributed by atoms with Crippen LogP contribution in [0.3, 0.4) is 0 Å². The molecular formula is C13H20N4O2. The van der Waals surface area contributed by atoms with E-state index < -0.39 is 5.97 Å². The van der Waals surface area contributed by atoms with E-state index >= 15 is 0 Å². The highest BCUT2D eigenvalue weighted by Gasteiger charge is 2.22. The van der Waals surface area contributed by atoms with Crippen molar-refractivity contribution in [1.82, 2.24) is 19.8 Å². The third-order valence-electron chi connectivity index (χ3n) is 3.61. The van der Waals surface area contributed by atoms with Gasteiger partial charge in [0.1, 0.15) is 0 Å². The molecule has 1 unspecified atom stereocenters. The molecule has 1 fully saturated rings. The fourth-order valence-corrected chi connectivity index (χ4v) is 2.34. The van der Waals surface area contributed by atoms with Gasteiger partial charge in [-0.2, -0.15) is 0 Å². The fourth-order valence-electron chi connectivity index (χ4n) is 2.34. The Morgan fingerprint density at radius 3 is 2.68 bits per heavy atom. The quantitative estimate of drug-likeness (QED) is 0.841. The lowest BCUT2D eigenvalue weighted by Gasteiger charge is -2.37. The lowest BCUT2D eigenvalue weighted by atomic mass is 10.1. The van der Waals surface area contributed by atoms with Gasteiger partial charge in [0.2, 0.25) is 0 Å². The summed E-state index contributed by atoms with van der Waals surface area (Å²) in [6, 6.07) is 0.260. The molecule has 0 radical (unpaired) electrons. The van der Waals surface area contributed by atoms with E-state index in [1.165, 1.54) is 0 Å². The Balaban J connectivity index is 1.81. The standard InChI is InChI=1S/C13H20N4O2/c1-11(12-10-14-3-4-15-12)17-8-6-16(7-9-17)5-2-13(18)19/h3-4,10-11H,2,5-9H2,1H3,(H,18,19). The van der Waals surface area contributed by atoms with Crippen LogP contribution in [0, 0.1) is 0 Å². The second-order valence-electron chi connectivity index (χ2n) is 4.83. The van der Waals surface area contributed by atoms with Gasteiger partial charge < -0.3 is 10.0 Å². The molecule has 1 atom stereocenters. The summed E-state index contributed by atoms with van der Waals surface area (Å²) in [6.07, 6.45) is 5.43. The second-order valence-corrected chi connectivity index (χ2v) is 4.83. The molecule has 0 aromatic carbocycles. The van der Waals surface area contributed by atoms with E-state index in [0.717, 1.165) is 31.9 Å². The number of rotatable bonds is 5. The SMILES string of the molecule is CC(c1cnccn1)N1CCN(CCC(=O)O)CC1. The zero-order chi connectivity index (χ0) is 13.7. The highest BCUT2D eigenvalue weighted by Crippen LogP contribution is 2.18. The number of carboxylic acid groups (broad SMARTS) is 1. The van der Waals surface area contributed by atoms with Crippen LogP contribution in [-0.2, 0) is 4.79 Å². The minimum atomic E-state index is -0.727. The summed E-state index contributed by atoms with van der Waals surface area (Å²) in [5.74, 6) is -0.727. The second kappa shape index (κ2) is 6.58. The number of aromatic nitrogens is 2. The number of aliphatic carboxylic acids is 1. The summed E-state index contributed by atoms with van der Waals surface area (Å²) >= 11 is 0. The molecule has 0 saturated carbocycles. The third-order valence-corrected chi connectivity index (χ3v) is 3.61. The van der Waals surface area contributed by atoms with Gasteiger partial charge in [0, 0.05) is 51.3 Å². The van der Waals surface area contributed by atoms with Crippen LogP contribution in [-0.4, -0.2) is 63.6 Å². The molecule has 1 N–H and O–H groups in total. The third kappa shape index (κ3) is 3.97. The Morgan fingerprint density at radius 1 is 1.37 bits per heavy atom. The molecule has 0 spiro atoms. The molecule has 0 aliphatic carbocycles. The minimum Gasteiger partial charge on any atom is -0.481 e. The Kier molecular flexibility index (Phi) is 4.81. The number of piperazine rings is 1. The maximum absolute atomic E-state index is 10.5. The fraction of sp³-hybridized carbons (Fsp3) is 0.615. The first kappa shape index (κ1) is 13.9. The molecule has 1 aromatic heterocycles. The number of carboxylic acids is 1. The molecule has 2 heterocycles. The highest BCUT2D eigenvalue weighted by atomic mass is 16.4. The van der Waals surface area contributed by atoms with Gasteiger partial charge in [-0.3, -0.25) is 19.7 Å². The highest BCUT2D eigenvalue weighted by molar-refractivity contribution is 5.66. The predicted molar refractivity (Wildman–Crippen MR) is 70.7 cm³/mol. The largest absolute Gasteiger partial charge is 0.481 e. The number of hydrogen-bond donors (Lipinski definition) is 1. The molecular weight excluding hydrogens is 244 g/mol. The molecule has 0 amide bonds. The normalized spacial score (nSPS) is 19.2. The summed E-state index contributed by atoms with van der Waals surface area (Å²) < 4.78 is 0. The van der Waals surface area contributed by atoms with Gasteiger partial charge in [0.25, 0.3) is 0 Å². The van der Waals surface area contributed by atoms with Crippen molar-refractivity contribution in [3.63, 3.8) is 0 Å². The van der Waals surface area contributed by atoms with Crippen LogP contribution in [0.15, 0.2) is 18.6 Å². The van der Waals surface area contributed by atoms with Crippen molar-refractivity contribution < 1.29 is 9.90 Å². The lowest BCUT2D eigenvalue weighted by molar-refractivity contribution is -0.137. The predicted octanol–water partition coefficient (Wildman–Crippen LogP) is 0.630. The Hall–Kier alpha value is -1.53. The summed E-state index contributed by atoms with van der Waals surface area (Å²) in [5, 5.41) is 8.68. The average Bonchev–Trinajstić information content (AvgIpc) is 2.46. The molecule has 1 aromatic rings. The van der Waals surface area contributed by atoms with Crippen LogP contribution in [0.2, 0.25) is 0 Å². The van der Waals surface area contributed by atoms with Crippen LogP contribution in [0.1, 0.15) is 25.1 Å². The van der Waals surface area contributed by atoms with E-state index in [1.807, 2.05) is 6.20 Å². The van der Waals surface area contributed by atoms with E-state index in [2.05, 4.69) is 26.7 Å². The zero-order valence-corrected chi connectivity index (χ0v) is 11.2. The minimum absolute atomic E-state index is 0.222. The molecule has 19 heavy (non-hydrogen) atoms. The number of hydrogen-bond acceptors (Lipinski definition) is 5. The average molecular weight is 264 g/mol. The van der Waals surface area contributed by atoms with Crippen molar-refractivity contribution in [3.8, 4) is 0 Å². The molecule has 6 nitrogen and oxygen atoms in total. The van der Waals surface area contributed by atoms with Gasteiger partial charge in [-0.05, 0) is 6.92 Å². The lowest BCUT2D eigenvalue weighted by Crippen LogP contribution is -2.47. The number of carbonyl (C=O) groups is 1. The molecule has 6 heteroatoms. The van der Waals surface area contributed by atoms with Gasteiger partial charge in [0.05, 0.1) is 18.2 Å². The molecule has 1 saturated heterocycles. The van der Waals surface area contributed by atoms with Gasteiger partial charge in [-0.1, -0.05) is 0 Å². The first-order chi connectivity index (χ1) is 9.16. The maximum Gasteiger partial charge on any atom is 0.304 e. The first-order valence-corrected chi connectivity index (χ1v) is 6.61. The van der Waals surface area contributed by atoms with Crippen LogP contribution in [0.4, 0.5) is 0 Å². The van der Waals surface area contributed by atoms with E-state index in [0.29, 0.717) is 6.54 Å². The Labute approximate surface area is 113 Å². The molecule has 104 valence electrons. The summed E-state index contributed by atoms with van der Waals surface area (Å²) in [5.41, 5.74) is 0.987. The number of nitrogens with zero attached hydrogens (tertiary/aromatic N) is 4. The van der Waals surface area contributed by atoms with Crippen molar-refractivity contribution in [2.24, 2.45) is 0 Å². The van der Waals surface area contributed by atoms with E-state index in [4.69, 9.17) is 5.11 Å². The van der Waals surface area contributed by atoms with Crippen molar-refractivity contribution >= 4 is 5.97 Å². The van der Waals surface area contributed by atoms with E-state index in [-0.39, 0.29) is 12.5 Å². The molecule has 1 aliphatic rings. The van der Waals surface area contributed by atoms with E-state index in [1.54, 1.807) is 12.4 Å². The maximum atomic E-state index is 10.5. The first-order valence-electron chi connectivity index (χ1n) is 6.61. The zero-order valence-electron chi connectivity index (χ0n) is 11.2. The van der Waals surface area contributed by atoms with Crippen LogP contribution >= 0.6 is 0 Å². The molecule has 0 bridgehead atoms. The summed E-state index contributed by atoms with van der Waals surface area (Å²) in [6.45, 7) is 6.49. The Morgan fingerprint density at radius 2 is 2.11 bits per heavy atom. The van der Waals surface area contributed by atoms with Crippen molar-refractivity contribution in [2.45, 2.75) is 19.4 Å². The summed E-state index contributed by atoms with van der Waals surface area (Å²) in [4.78, 5) is 23.5. The topological polar surface area (TPSA) is 69.6 Å². The van der Waals surface area contributed by atoms with Gasteiger partial charge in [0.15, 0.2) is 0 Å². The van der Waals surface area contributed by atoms with Crippen molar-refractivity contribution in [2.75, 3.05) is 32.7 Å². The van der Waals surface area contributed by atoms with E-state index in [9.17, 15) is 4.79 Å². The Bertz CT molecular complexity index is 404. The molecule has 1 aliphatic heterocycles. The van der Waals surface area contributed by atoms with Gasteiger partial charge >= 0.3 is 5.97 Å². The van der Waals surface area contributed by atoms with Crippen molar-refractivity contribution in [3.05, 3.63) is 24.3 Å². The van der Waals surface area contributed by atoms with Crippen LogP contribution in [0.5, 0.6) is 0 Å². The van der Waals surface area contributed by atoms with Crippen LogP contribution in [0.25, 0.3) is 0 Å². The smallest absolute Gasteiger partial charge is 0.304 e. The van der Waals surface area contributed by atoms with Crippen LogP contribution < -0.4 is 0 Å². The van der Waals surface area contributed by atoms with Gasteiger partial charge in [-0.15, -0.1) is 0 Å².